The molecule has 158 valence electrons. The zero-order chi connectivity index (χ0) is 21.2. The Labute approximate surface area is 168 Å². The highest BCUT2D eigenvalue weighted by Gasteiger charge is 2.32. The average Bonchev–Trinajstić information content (AvgIpc) is 2.75. The molecular formula is C20H24O9. The first kappa shape index (κ1) is 22.2. The fourth-order valence-electron chi connectivity index (χ4n) is 2.77. The van der Waals surface area contributed by atoms with Gasteiger partial charge in [-0.3, -0.25) is 0 Å². The fourth-order valence-corrected chi connectivity index (χ4v) is 2.77. The number of hydrogen-bond acceptors (Lipinski definition) is 9. The van der Waals surface area contributed by atoms with E-state index in [4.69, 9.17) is 28.4 Å². The molecule has 0 fully saturated rings. The first-order valence-electron chi connectivity index (χ1n) is 8.50. The van der Waals surface area contributed by atoms with Gasteiger partial charge in [-0.05, 0) is 11.6 Å². The Morgan fingerprint density at radius 2 is 1.24 bits per heavy atom. The highest BCUT2D eigenvalue weighted by atomic mass is 16.6. The molecule has 0 aliphatic rings. The molecule has 0 unspecified atom stereocenters. The van der Waals surface area contributed by atoms with E-state index in [1.54, 1.807) is 6.08 Å². The van der Waals surface area contributed by atoms with Crippen molar-refractivity contribution in [3.05, 3.63) is 41.5 Å². The molecule has 0 amide bonds. The molecule has 0 aliphatic carbocycles. The lowest BCUT2D eigenvalue weighted by Gasteiger charge is -2.23. The summed E-state index contributed by atoms with van der Waals surface area (Å²) in [7, 11) is 4.17. The molecule has 0 saturated heterocycles. The highest BCUT2D eigenvalue weighted by molar-refractivity contribution is 5.88. The van der Waals surface area contributed by atoms with Crippen LogP contribution in [-0.4, -0.2) is 57.0 Å². The van der Waals surface area contributed by atoms with Crippen molar-refractivity contribution in [2.75, 3.05) is 41.7 Å². The van der Waals surface area contributed by atoms with Crippen molar-refractivity contribution in [2.24, 2.45) is 0 Å². The summed E-state index contributed by atoms with van der Waals surface area (Å²) in [5.41, 5.74) is 1.07. The summed E-state index contributed by atoms with van der Waals surface area (Å²) >= 11 is 0. The van der Waals surface area contributed by atoms with Gasteiger partial charge in [-0.2, -0.15) is 0 Å². The Morgan fingerprint density at radius 3 is 1.72 bits per heavy atom. The molecule has 0 aromatic heterocycles. The molecular weight excluding hydrogens is 384 g/mol. The van der Waals surface area contributed by atoms with E-state index in [-0.39, 0.29) is 34.3 Å². The molecule has 0 saturated carbocycles. The highest BCUT2D eigenvalue weighted by Crippen LogP contribution is 2.56. The van der Waals surface area contributed by atoms with Crippen LogP contribution in [0, 0.1) is 0 Å². The van der Waals surface area contributed by atoms with Crippen molar-refractivity contribution in [2.45, 2.75) is 0 Å². The molecule has 0 atom stereocenters. The van der Waals surface area contributed by atoms with E-state index in [1.165, 1.54) is 21.3 Å². The lowest BCUT2D eigenvalue weighted by Crippen LogP contribution is -2.10. The largest absolute Gasteiger partial charge is 0.496 e. The van der Waals surface area contributed by atoms with E-state index in [0.717, 1.165) is 5.56 Å². The normalized spacial score (nSPS) is 11.0. The van der Waals surface area contributed by atoms with Crippen LogP contribution in [0.25, 0.3) is 11.8 Å². The zero-order valence-electron chi connectivity index (χ0n) is 16.4. The molecule has 9 heteroatoms. The van der Waals surface area contributed by atoms with E-state index in [1.807, 2.05) is 30.3 Å². The minimum absolute atomic E-state index is 0.00311. The van der Waals surface area contributed by atoms with Crippen molar-refractivity contribution < 1.29 is 43.7 Å². The van der Waals surface area contributed by atoms with E-state index < -0.39 is 20.4 Å². The van der Waals surface area contributed by atoms with Gasteiger partial charge in [0.2, 0.25) is 17.2 Å². The van der Waals surface area contributed by atoms with Gasteiger partial charge in [0, 0.05) is 0 Å². The van der Waals surface area contributed by atoms with Gasteiger partial charge in [0.25, 0.3) is 0 Å². The molecule has 29 heavy (non-hydrogen) atoms. The van der Waals surface area contributed by atoms with Gasteiger partial charge in [0.15, 0.2) is 31.9 Å². The van der Waals surface area contributed by atoms with Gasteiger partial charge < -0.3 is 43.7 Å². The number of hydrogen-bond donors (Lipinski definition) is 3. The number of ether oxygens (including phenoxy) is 6. The Hall–Kier alpha value is -3.14. The van der Waals surface area contributed by atoms with Crippen LogP contribution in [0.15, 0.2) is 30.3 Å². The Balaban J connectivity index is 2.89. The van der Waals surface area contributed by atoms with Crippen LogP contribution in [0.1, 0.15) is 11.1 Å². The average molecular weight is 408 g/mol. The summed E-state index contributed by atoms with van der Waals surface area (Å²) in [5.74, 6) is 0.289. The molecule has 0 heterocycles. The summed E-state index contributed by atoms with van der Waals surface area (Å²) < 4.78 is 32.3. The van der Waals surface area contributed by atoms with Crippen LogP contribution in [0.2, 0.25) is 0 Å². The number of aliphatic hydroxyl groups excluding tert-OH is 3. The Kier molecular flexibility index (Phi) is 8.41. The molecule has 3 N–H and O–H groups in total. The lowest BCUT2D eigenvalue weighted by atomic mass is 10.0. The second kappa shape index (κ2) is 11.0. The Morgan fingerprint density at radius 1 is 0.724 bits per heavy atom. The number of rotatable bonds is 11. The van der Waals surface area contributed by atoms with Gasteiger partial charge in [-0.1, -0.05) is 30.3 Å². The minimum atomic E-state index is -0.712. The van der Waals surface area contributed by atoms with Crippen molar-refractivity contribution >= 4 is 11.8 Å². The standard InChI is InChI=1S/C20H24O9/c1-24-14(9-13-7-5-4-6-8-13)15-16(25-2)19(28-11-22)20(29-12-23)18(26-3)17(15)27-10-21/h4-9,21-23H,10-12H2,1-3H3/b14-9-. The van der Waals surface area contributed by atoms with Crippen LogP contribution in [0.4, 0.5) is 0 Å². The van der Waals surface area contributed by atoms with Gasteiger partial charge in [0.05, 0.1) is 21.3 Å². The van der Waals surface area contributed by atoms with Crippen LogP contribution >= 0.6 is 0 Å². The molecule has 2 rings (SSSR count). The van der Waals surface area contributed by atoms with Gasteiger partial charge >= 0.3 is 0 Å². The maximum absolute atomic E-state index is 9.43. The van der Waals surface area contributed by atoms with Gasteiger partial charge in [-0.25, -0.2) is 0 Å². The monoisotopic (exact) mass is 408 g/mol. The second-order valence-corrected chi connectivity index (χ2v) is 5.37. The van der Waals surface area contributed by atoms with Crippen molar-refractivity contribution in [1.29, 1.82) is 0 Å². The number of aliphatic hydroxyl groups is 3. The van der Waals surface area contributed by atoms with Crippen molar-refractivity contribution in [3.63, 3.8) is 0 Å². The first-order chi connectivity index (χ1) is 14.2. The fraction of sp³-hybridized carbons (Fsp3) is 0.300. The number of benzene rings is 2. The summed E-state index contributed by atoms with van der Waals surface area (Å²) in [5, 5.41) is 28.0. The maximum atomic E-state index is 9.43. The topological polar surface area (TPSA) is 116 Å². The van der Waals surface area contributed by atoms with E-state index in [0.29, 0.717) is 5.76 Å². The van der Waals surface area contributed by atoms with E-state index in [9.17, 15) is 15.3 Å². The van der Waals surface area contributed by atoms with Crippen LogP contribution in [0.3, 0.4) is 0 Å². The zero-order valence-corrected chi connectivity index (χ0v) is 16.4. The maximum Gasteiger partial charge on any atom is 0.214 e. The van der Waals surface area contributed by atoms with Gasteiger partial charge in [-0.15, -0.1) is 0 Å². The van der Waals surface area contributed by atoms with Crippen LogP contribution in [-0.2, 0) is 4.74 Å². The molecule has 0 radical (unpaired) electrons. The molecule has 9 nitrogen and oxygen atoms in total. The predicted molar refractivity (Wildman–Crippen MR) is 104 cm³/mol. The molecule has 0 bridgehead atoms. The Bertz CT molecular complexity index is 819. The minimum Gasteiger partial charge on any atom is -0.496 e. The van der Waals surface area contributed by atoms with Crippen LogP contribution < -0.4 is 23.7 Å². The molecule has 0 spiro atoms. The number of methoxy groups -OCH3 is 3. The van der Waals surface area contributed by atoms with E-state index in [2.05, 4.69) is 0 Å². The third-order valence-electron chi connectivity index (χ3n) is 3.88. The summed E-state index contributed by atoms with van der Waals surface area (Å²) in [6.07, 6.45) is 1.72. The summed E-state index contributed by atoms with van der Waals surface area (Å²) in [6.45, 7) is -2.10. The third-order valence-corrected chi connectivity index (χ3v) is 3.88. The lowest BCUT2D eigenvalue weighted by molar-refractivity contribution is 0.0661. The van der Waals surface area contributed by atoms with Crippen molar-refractivity contribution in [3.8, 4) is 28.7 Å². The van der Waals surface area contributed by atoms with Gasteiger partial charge in [0.1, 0.15) is 11.3 Å². The van der Waals surface area contributed by atoms with Crippen molar-refractivity contribution in [1.82, 2.24) is 0 Å². The summed E-state index contributed by atoms with van der Waals surface area (Å²) in [4.78, 5) is 0. The molecule has 2 aromatic rings. The smallest absolute Gasteiger partial charge is 0.214 e. The predicted octanol–water partition coefficient (Wildman–Crippen LogP) is 1.83. The third kappa shape index (κ3) is 4.83. The second-order valence-electron chi connectivity index (χ2n) is 5.37. The molecule has 2 aromatic carbocycles. The van der Waals surface area contributed by atoms with E-state index >= 15 is 0 Å². The SMILES string of the molecule is CO/C(=C\c1ccccc1)c1c(OC)c(OCO)c(OCO)c(OC)c1OCO. The quantitative estimate of drug-likeness (QED) is 0.291. The molecule has 0 aliphatic heterocycles. The van der Waals surface area contributed by atoms with Crippen LogP contribution in [0.5, 0.6) is 28.7 Å². The first-order valence-corrected chi connectivity index (χ1v) is 8.50. The summed E-state index contributed by atoms with van der Waals surface area (Å²) in [6, 6.07) is 9.33.